The van der Waals surface area contributed by atoms with Crippen LogP contribution in [-0.4, -0.2) is 34.4 Å². The van der Waals surface area contributed by atoms with Gasteiger partial charge in [0, 0.05) is 12.1 Å². The quantitative estimate of drug-likeness (QED) is 0.726. The van der Waals surface area contributed by atoms with E-state index in [2.05, 4.69) is 0 Å². The Kier molecular flexibility index (Phi) is 5.89. The molecule has 2 aromatic carbocycles. The predicted molar refractivity (Wildman–Crippen MR) is 88.2 cm³/mol. The van der Waals surface area contributed by atoms with Crippen LogP contribution >= 0.6 is 0 Å². The molecule has 0 bridgehead atoms. The van der Waals surface area contributed by atoms with E-state index in [1.807, 2.05) is 18.2 Å². The summed E-state index contributed by atoms with van der Waals surface area (Å²) in [5, 5.41) is 0. The van der Waals surface area contributed by atoms with Gasteiger partial charge in [0.1, 0.15) is 23.7 Å². The summed E-state index contributed by atoms with van der Waals surface area (Å²) in [7, 11) is 6.06. The van der Waals surface area contributed by atoms with E-state index in [1.54, 1.807) is 19.2 Å². The summed E-state index contributed by atoms with van der Waals surface area (Å²) >= 11 is 0. The largest absolute Gasteiger partial charge is 0.497 e. The van der Waals surface area contributed by atoms with Gasteiger partial charge in [-0.2, -0.15) is 0 Å². The molecule has 0 aliphatic carbocycles. The molecule has 2 rings (SSSR count). The van der Waals surface area contributed by atoms with Gasteiger partial charge < -0.3 is 23.7 Å². The minimum Gasteiger partial charge on any atom is -0.497 e. The summed E-state index contributed by atoms with van der Waals surface area (Å²) < 4.78 is 26.2. The van der Waals surface area contributed by atoms with Gasteiger partial charge in [-0.25, -0.2) is 4.79 Å². The molecule has 0 saturated heterocycles. The maximum absolute atomic E-state index is 12.4. The molecule has 0 spiro atoms. The van der Waals surface area contributed by atoms with Crippen molar-refractivity contribution in [2.45, 2.75) is 6.61 Å². The molecule has 0 radical (unpaired) electrons. The Morgan fingerprint density at radius 2 is 1.50 bits per heavy atom. The van der Waals surface area contributed by atoms with Gasteiger partial charge >= 0.3 is 5.97 Å². The van der Waals surface area contributed by atoms with Crippen molar-refractivity contribution in [3.63, 3.8) is 0 Å². The van der Waals surface area contributed by atoms with Gasteiger partial charge in [-0.15, -0.1) is 0 Å². The molecular formula is C18H20O6. The summed E-state index contributed by atoms with van der Waals surface area (Å²) in [6.07, 6.45) is 0. The van der Waals surface area contributed by atoms with Gasteiger partial charge in [0.2, 0.25) is 0 Å². The molecule has 0 aromatic heterocycles. The van der Waals surface area contributed by atoms with Gasteiger partial charge in [-0.05, 0) is 17.7 Å². The highest BCUT2D eigenvalue weighted by Crippen LogP contribution is 2.35. The molecule has 0 unspecified atom stereocenters. The third-order valence-electron chi connectivity index (χ3n) is 3.43. The highest BCUT2D eigenvalue weighted by Gasteiger charge is 2.19. The Hall–Kier alpha value is -2.89. The lowest BCUT2D eigenvalue weighted by atomic mass is 10.1. The van der Waals surface area contributed by atoms with E-state index in [-0.39, 0.29) is 12.2 Å². The molecular weight excluding hydrogens is 312 g/mol. The van der Waals surface area contributed by atoms with Crippen LogP contribution in [0.4, 0.5) is 0 Å². The SMILES string of the molecule is COc1cccc(COC(=O)c2cc(OC)c(OC)cc2OC)c1. The molecule has 0 fully saturated rings. The van der Waals surface area contributed by atoms with Gasteiger partial charge in [0.05, 0.1) is 28.4 Å². The van der Waals surface area contributed by atoms with Crippen molar-refractivity contribution in [1.29, 1.82) is 0 Å². The number of ether oxygens (including phenoxy) is 5. The molecule has 0 aliphatic heterocycles. The first kappa shape index (κ1) is 17.5. The lowest BCUT2D eigenvalue weighted by molar-refractivity contribution is 0.0468. The molecule has 0 atom stereocenters. The molecule has 128 valence electrons. The average Bonchev–Trinajstić information content (AvgIpc) is 2.64. The predicted octanol–water partition coefficient (Wildman–Crippen LogP) is 3.08. The zero-order valence-corrected chi connectivity index (χ0v) is 14.1. The molecule has 0 amide bonds. The number of rotatable bonds is 7. The lowest BCUT2D eigenvalue weighted by Gasteiger charge is -2.13. The molecule has 24 heavy (non-hydrogen) atoms. The molecule has 0 aliphatic rings. The van der Waals surface area contributed by atoms with E-state index in [0.29, 0.717) is 23.0 Å². The number of carbonyl (C=O) groups is 1. The number of hydrogen-bond acceptors (Lipinski definition) is 6. The Labute approximate surface area is 140 Å². The van der Waals surface area contributed by atoms with E-state index in [0.717, 1.165) is 5.56 Å². The number of carbonyl (C=O) groups excluding carboxylic acids is 1. The minimum atomic E-state index is -0.518. The first-order valence-electron chi connectivity index (χ1n) is 7.23. The van der Waals surface area contributed by atoms with E-state index in [9.17, 15) is 4.79 Å². The average molecular weight is 332 g/mol. The fraction of sp³-hybridized carbons (Fsp3) is 0.278. The Morgan fingerprint density at radius 3 is 2.12 bits per heavy atom. The molecule has 0 saturated carbocycles. The second-order valence-corrected chi connectivity index (χ2v) is 4.84. The van der Waals surface area contributed by atoms with Crippen LogP contribution in [0.25, 0.3) is 0 Å². The van der Waals surface area contributed by atoms with Crippen molar-refractivity contribution in [3.8, 4) is 23.0 Å². The van der Waals surface area contributed by atoms with Gasteiger partial charge in [0.25, 0.3) is 0 Å². The van der Waals surface area contributed by atoms with Crippen LogP contribution in [-0.2, 0) is 11.3 Å². The maximum atomic E-state index is 12.4. The normalized spacial score (nSPS) is 10.0. The Bertz CT molecular complexity index is 711. The van der Waals surface area contributed by atoms with E-state index >= 15 is 0 Å². The second-order valence-electron chi connectivity index (χ2n) is 4.84. The van der Waals surface area contributed by atoms with E-state index in [4.69, 9.17) is 23.7 Å². The van der Waals surface area contributed by atoms with Crippen LogP contribution in [0.5, 0.6) is 23.0 Å². The molecule has 0 N–H and O–H groups in total. The van der Waals surface area contributed by atoms with Gasteiger partial charge in [-0.1, -0.05) is 12.1 Å². The first-order valence-corrected chi connectivity index (χ1v) is 7.23. The number of benzene rings is 2. The van der Waals surface area contributed by atoms with Crippen LogP contribution in [0.2, 0.25) is 0 Å². The maximum Gasteiger partial charge on any atom is 0.342 e. The summed E-state index contributed by atoms with van der Waals surface area (Å²) in [5.41, 5.74) is 1.08. The molecule has 6 heteroatoms. The number of esters is 1. The van der Waals surface area contributed by atoms with Crippen molar-refractivity contribution >= 4 is 5.97 Å². The van der Waals surface area contributed by atoms with Gasteiger partial charge in [0.15, 0.2) is 11.5 Å². The zero-order chi connectivity index (χ0) is 17.5. The van der Waals surface area contributed by atoms with Crippen LogP contribution < -0.4 is 18.9 Å². The van der Waals surface area contributed by atoms with Crippen molar-refractivity contribution in [2.75, 3.05) is 28.4 Å². The summed E-state index contributed by atoms with van der Waals surface area (Å²) in [5.74, 6) is 1.43. The highest BCUT2D eigenvalue weighted by molar-refractivity contribution is 5.93. The number of methoxy groups -OCH3 is 4. The standard InChI is InChI=1S/C18H20O6/c1-20-13-7-5-6-12(8-13)11-24-18(19)14-9-16(22-3)17(23-4)10-15(14)21-2/h5-10H,11H2,1-4H3. The van der Waals surface area contributed by atoms with E-state index < -0.39 is 5.97 Å². The smallest absolute Gasteiger partial charge is 0.342 e. The topological polar surface area (TPSA) is 63.2 Å². The minimum absolute atomic E-state index is 0.119. The fourth-order valence-electron chi connectivity index (χ4n) is 2.18. The molecule has 6 nitrogen and oxygen atoms in total. The fourth-order valence-corrected chi connectivity index (χ4v) is 2.18. The summed E-state index contributed by atoms with van der Waals surface area (Å²) in [6.45, 7) is 0.119. The summed E-state index contributed by atoms with van der Waals surface area (Å²) in [6, 6.07) is 10.4. The summed E-state index contributed by atoms with van der Waals surface area (Å²) in [4.78, 5) is 12.4. The lowest BCUT2D eigenvalue weighted by Crippen LogP contribution is -2.08. The third kappa shape index (κ3) is 3.90. The van der Waals surface area contributed by atoms with Crippen LogP contribution in [0.1, 0.15) is 15.9 Å². The van der Waals surface area contributed by atoms with Crippen LogP contribution in [0, 0.1) is 0 Å². The monoisotopic (exact) mass is 332 g/mol. The number of hydrogen-bond donors (Lipinski definition) is 0. The Balaban J connectivity index is 2.19. The van der Waals surface area contributed by atoms with Crippen LogP contribution in [0.15, 0.2) is 36.4 Å². The van der Waals surface area contributed by atoms with Gasteiger partial charge in [-0.3, -0.25) is 0 Å². The Morgan fingerprint density at radius 1 is 0.833 bits per heavy atom. The third-order valence-corrected chi connectivity index (χ3v) is 3.43. The van der Waals surface area contributed by atoms with E-state index in [1.165, 1.54) is 27.4 Å². The first-order chi connectivity index (χ1) is 11.6. The van der Waals surface area contributed by atoms with Crippen molar-refractivity contribution in [1.82, 2.24) is 0 Å². The van der Waals surface area contributed by atoms with Crippen molar-refractivity contribution in [2.24, 2.45) is 0 Å². The highest BCUT2D eigenvalue weighted by atomic mass is 16.5. The molecule has 2 aromatic rings. The zero-order valence-electron chi connectivity index (χ0n) is 14.1. The van der Waals surface area contributed by atoms with Crippen molar-refractivity contribution in [3.05, 3.63) is 47.5 Å². The second kappa shape index (κ2) is 8.10. The van der Waals surface area contributed by atoms with Crippen molar-refractivity contribution < 1.29 is 28.5 Å². The van der Waals surface area contributed by atoms with Crippen LogP contribution in [0.3, 0.4) is 0 Å². The molecule has 0 heterocycles.